The third-order valence-electron chi connectivity index (χ3n) is 1.55. The molecule has 6 heteroatoms. The monoisotopic (exact) mass is 223 g/mol. The summed E-state index contributed by atoms with van der Waals surface area (Å²) in [6.07, 6.45) is 1.95. The Balaban J connectivity index is 3.84. The summed E-state index contributed by atoms with van der Waals surface area (Å²) in [6, 6.07) is -0.837. The molecule has 0 aromatic rings. The highest BCUT2D eigenvalue weighted by Crippen LogP contribution is 1.96. The molecule has 0 amide bonds. The number of esters is 1. The highest BCUT2D eigenvalue weighted by molar-refractivity contribution is 7.90. The molecule has 2 N–H and O–H groups in total. The maximum Gasteiger partial charge on any atom is 0.322 e. The Morgan fingerprint density at radius 3 is 2.50 bits per heavy atom. The first-order valence-corrected chi connectivity index (χ1v) is 6.53. The second-order valence-electron chi connectivity index (χ2n) is 3.19. The molecule has 0 aliphatic heterocycles. The fraction of sp³-hybridized carbons (Fsp3) is 0.875. The van der Waals surface area contributed by atoms with Gasteiger partial charge in [-0.2, -0.15) is 0 Å². The van der Waals surface area contributed by atoms with Gasteiger partial charge in [0.05, 0.1) is 12.4 Å². The van der Waals surface area contributed by atoms with Crippen molar-refractivity contribution in [2.24, 2.45) is 5.73 Å². The molecular formula is C8H17NO4S. The Morgan fingerprint density at radius 2 is 2.07 bits per heavy atom. The van der Waals surface area contributed by atoms with Gasteiger partial charge in [0.2, 0.25) is 0 Å². The highest BCUT2D eigenvalue weighted by atomic mass is 32.2. The lowest BCUT2D eigenvalue weighted by Crippen LogP contribution is -2.34. The van der Waals surface area contributed by atoms with Gasteiger partial charge in [-0.05, 0) is 12.8 Å². The number of carbonyl (C=O) groups excluding carboxylic acids is 1. The fourth-order valence-corrected chi connectivity index (χ4v) is 1.45. The van der Waals surface area contributed by atoms with Gasteiger partial charge >= 0.3 is 5.97 Å². The molecule has 0 aliphatic rings. The molecule has 1 unspecified atom stereocenters. The van der Waals surface area contributed by atoms with Crippen molar-refractivity contribution < 1.29 is 17.9 Å². The van der Waals surface area contributed by atoms with Crippen LogP contribution in [0.4, 0.5) is 0 Å². The number of sulfone groups is 1. The van der Waals surface area contributed by atoms with E-state index in [2.05, 4.69) is 0 Å². The van der Waals surface area contributed by atoms with E-state index in [1.807, 2.05) is 6.92 Å². The van der Waals surface area contributed by atoms with Crippen LogP contribution in [0, 0.1) is 0 Å². The van der Waals surface area contributed by atoms with Gasteiger partial charge in [-0.15, -0.1) is 0 Å². The van der Waals surface area contributed by atoms with E-state index in [1.54, 1.807) is 0 Å². The Bertz CT molecular complexity index is 273. The summed E-state index contributed by atoms with van der Waals surface area (Å²) < 4.78 is 26.3. The zero-order valence-corrected chi connectivity index (χ0v) is 9.34. The summed E-state index contributed by atoms with van der Waals surface area (Å²) >= 11 is 0. The molecule has 84 valence electrons. The molecule has 0 rings (SSSR count). The summed E-state index contributed by atoms with van der Waals surface area (Å²) in [4.78, 5) is 11.1. The average Bonchev–Trinajstić information content (AvgIpc) is 2.09. The molecular weight excluding hydrogens is 206 g/mol. The third kappa shape index (κ3) is 6.85. The van der Waals surface area contributed by atoms with Crippen LogP contribution in [0.1, 0.15) is 19.8 Å². The number of hydrogen-bond donors (Lipinski definition) is 1. The minimum atomic E-state index is -3.06. The van der Waals surface area contributed by atoms with E-state index in [4.69, 9.17) is 10.5 Å². The van der Waals surface area contributed by atoms with Gasteiger partial charge in [-0.3, -0.25) is 4.79 Å². The molecule has 0 bridgehead atoms. The lowest BCUT2D eigenvalue weighted by Gasteiger charge is -2.09. The van der Waals surface area contributed by atoms with Crippen LogP contribution in [0.2, 0.25) is 0 Å². The first kappa shape index (κ1) is 13.4. The van der Waals surface area contributed by atoms with Crippen molar-refractivity contribution in [1.82, 2.24) is 0 Å². The fourth-order valence-electron chi connectivity index (χ4n) is 0.769. The molecule has 0 aromatic carbocycles. The Kier molecular flexibility index (Phi) is 5.71. The quantitative estimate of drug-likeness (QED) is 0.625. The summed E-state index contributed by atoms with van der Waals surface area (Å²) in [6.45, 7) is 2.20. The topological polar surface area (TPSA) is 86.5 Å². The van der Waals surface area contributed by atoms with Crippen molar-refractivity contribution in [3.8, 4) is 0 Å². The van der Waals surface area contributed by atoms with E-state index in [0.717, 1.165) is 12.7 Å². The van der Waals surface area contributed by atoms with Gasteiger partial charge in [-0.1, -0.05) is 6.92 Å². The SMILES string of the molecule is CCCOC(=O)C(N)CCS(C)(=O)=O. The number of hydrogen-bond acceptors (Lipinski definition) is 5. The Morgan fingerprint density at radius 1 is 1.50 bits per heavy atom. The predicted octanol–water partition coefficient (Wildman–Crippen LogP) is -0.298. The first-order chi connectivity index (χ1) is 6.37. The first-order valence-electron chi connectivity index (χ1n) is 4.46. The van der Waals surface area contributed by atoms with E-state index < -0.39 is 21.8 Å². The van der Waals surface area contributed by atoms with Crippen LogP contribution in [0.15, 0.2) is 0 Å². The zero-order chi connectivity index (χ0) is 11.2. The molecule has 0 fully saturated rings. The van der Waals surface area contributed by atoms with Crippen LogP contribution in [-0.2, 0) is 19.4 Å². The molecule has 0 saturated heterocycles. The average molecular weight is 223 g/mol. The summed E-state index contributed by atoms with van der Waals surface area (Å²) in [5, 5.41) is 0. The van der Waals surface area contributed by atoms with Crippen molar-refractivity contribution in [1.29, 1.82) is 0 Å². The summed E-state index contributed by atoms with van der Waals surface area (Å²) in [5.74, 6) is -0.620. The minimum Gasteiger partial charge on any atom is -0.465 e. The molecule has 0 radical (unpaired) electrons. The van der Waals surface area contributed by atoms with Gasteiger partial charge in [0.1, 0.15) is 15.9 Å². The zero-order valence-electron chi connectivity index (χ0n) is 8.52. The van der Waals surface area contributed by atoms with Crippen molar-refractivity contribution in [2.45, 2.75) is 25.8 Å². The second kappa shape index (κ2) is 5.98. The van der Waals surface area contributed by atoms with Crippen molar-refractivity contribution in [3.63, 3.8) is 0 Å². The minimum absolute atomic E-state index is 0.0879. The largest absolute Gasteiger partial charge is 0.465 e. The molecule has 0 spiro atoms. The van der Waals surface area contributed by atoms with E-state index >= 15 is 0 Å². The van der Waals surface area contributed by atoms with Crippen LogP contribution >= 0.6 is 0 Å². The van der Waals surface area contributed by atoms with Crippen LogP contribution < -0.4 is 5.73 Å². The van der Waals surface area contributed by atoms with Gasteiger partial charge in [-0.25, -0.2) is 8.42 Å². The number of ether oxygens (including phenoxy) is 1. The van der Waals surface area contributed by atoms with Gasteiger partial charge in [0, 0.05) is 6.26 Å². The van der Waals surface area contributed by atoms with Crippen LogP contribution in [0.25, 0.3) is 0 Å². The van der Waals surface area contributed by atoms with E-state index in [0.29, 0.717) is 6.61 Å². The number of carbonyl (C=O) groups is 1. The van der Waals surface area contributed by atoms with E-state index in [-0.39, 0.29) is 12.2 Å². The van der Waals surface area contributed by atoms with Crippen LogP contribution in [-0.4, -0.2) is 39.0 Å². The van der Waals surface area contributed by atoms with Gasteiger partial charge < -0.3 is 10.5 Å². The third-order valence-corrected chi connectivity index (χ3v) is 2.53. The van der Waals surface area contributed by atoms with Gasteiger partial charge in [0.25, 0.3) is 0 Å². The molecule has 0 saturated carbocycles. The van der Waals surface area contributed by atoms with Gasteiger partial charge in [0.15, 0.2) is 0 Å². The molecule has 5 nitrogen and oxygen atoms in total. The number of rotatable bonds is 6. The normalized spacial score (nSPS) is 13.6. The predicted molar refractivity (Wildman–Crippen MR) is 53.6 cm³/mol. The number of nitrogens with two attached hydrogens (primary N) is 1. The van der Waals surface area contributed by atoms with Crippen LogP contribution in [0.3, 0.4) is 0 Å². The highest BCUT2D eigenvalue weighted by Gasteiger charge is 2.16. The van der Waals surface area contributed by atoms with E-state index in [9.17, 15) is 13.2 Å². The summed E-state index contributed by atoms with van der Waals surface area (Å²) in [5.41, 5.74) is 5.43. The maximum absolute atomic E-state index is 11.1. The Labute approximate surface area is 84.5 Å². The van der Waals surface area contributed by atoms with Crippen molar-refractivity contribution in [3.05, 3.63) is 0 Å². The molecule has 1 atom stereocenters. The van der Waals surface area contributed by atoms with Crippen molar-refractivity contribution >= 4 is 15.8 Å². The smallest absolute Gasteiger partial charge is 0.322 e. The maximum atomic E-state index is 11.1. The molecule has 0 aliphatic carbocycles. The summed E-state index contributed by atoms with van der Waals surface area (Å²) in [7, 11) is -3.06. The van der Waals surface area contributed by atoms with Crippen LogP contribution in [0.5, 0.6) is 0 Å². The lowest BCUT2D eigenvalue weighted by atomic mass is 10.2. The lowest BCUT2D eigenvalue weighted by molar-refractivity contribution is -0.145. The standard InChI is InChI=1S/C8H17NO4S/c1-3-5-13-8(10)7(9)4-6-14(2,11)12/h7H,3-6,9H2,1-2H3. The molecule has 0 aromatic heterocycles. The second-order valence-corrected chi connectivity index (χ2v) is 5.45. The molecule has 0 heterocycles. The Hall–Kier alpha value is -0.620. The van der Waals surface area contributed by atoms with E-state index in [1.165, 1.54) is 0 Å². The molecule has 14 heavy (non-hydrogen) atoms. The van der Waals surface area contributed by atoms with Crippen molar-refractivity contribution in [2.75, 3.05) is 18.6 Å².